The van der Waals surface area contributed by atoms with E-state index in [4.69, 9.17) is 9.84 Å². The fourth-order valence-corrected chi connectivity index (χ4v) is 4.06. The minimum atomic E-state index is -3.92. The van der Waals surface area contributed by atoms with E-state index in [-0.39, 0.29) is 14.6 Å². The Bertz CT molecular complexity index is 1020. The van der Waals surface area contributed by atoms with Crippen LogP contribution in [0, 0.1) is 0 Å². The number of sulfonamides is 1. The molecule has 0 saturated heterocycles. The van der Waals surface area contributed by atoms with E-state index < -0.39 is 46.1 Å². The van der Waals surface area contributed by atoms with E-state index in [0.29, 0.717) is 0 Å². The Morgan fingerprint density at radius 1 is 1.07 bits per heavy atom. The van der Waals surface area contributed by atoms with Crippen molar-refractivity contribution in [2.75, 3.05) is 6.54 Å². The number of hydrogen-bond acceptors (Lipinski definition) is 7. The SMILES string of the molecule is CC(C)(C)OC(=O)C(CNS(=O)(=O)c1ccccc1)NC(=O)c1ccc(C(=O)O)s1. The number of benzene rings is 1. The van der Waals surface area contributed by atoms with Gasteiger partial charge in [0.1, 0.15) is 16.5 Å². The molecule has 0 bridgehead atoms. The summed E-state index contributed by atoms with van der Waals surface area (Å²) in [5, 5.41) is 11.4. The van der Waals surface area contributed by atoms with Crippen molar-refractivity contribution in [3.05, 3.63) is 52.2 Å². The molecule has 11 heteroatoms. The first-order valence-corrected chi connectivity index (χ1v) is 11.1. The molecule has 3 N–H and O–H groups in total. The molecule has 1 aromatic carbocycles. The van der Waals surface area contributed by atoms with Gasteiger partial charge >= 0.3 is 11.9 Å². The van der Waals surface area contributed by atoms with Crippen molar-refractivity contribution in [3.8, 4) is 0 Å². The Balaban J connectivity index is 2.18. The number of aromatic carboxylic acids is 1. The van der Waals surface area contributed by atoms with Crippen LogP contribution in [0.25, 0.3) is 0 Å². The minimum Gasteiger partial charge on any atom is -0.477 e. The van der Waals surface area contributed by atoms with Crippen LogP contribution in [0.1, 0.15) is 40.1 Å². The van der Waals surface area contributed by atoms with Crippen LogP contribution in [-0.2, 0) is 19.6 Å². The number of ether oxygens (including phenoxy) is 1. The summed E-state index contributed by atoms with van der Waals surface area (Å²) in [5.74, 6) is -2.73. The number of carbonyl (C=O) groups excluding carboxylic acids is 2. The maximum absolute atomic E-state index is 12.5. The van der Waals surface area contributed by atoms with Gasteiger partial charge in [0.2, 0.25) is 10.0 Å². The topological polar surface area (TPSA) is 139 Å². The number of rotatable bonds is 8. The van der Waals surface area contributed by atoms with E-state index in [2.05, 4.69) is 10.0 Å². The van der Waals surface area contributed by atoms with Crippen LogP contribution in [0.3, 0.4) is 0 Å². The third-order valence-electron chi connectivity index (χ3n) is 3.57. The molecular formula is C19H22N2O7S2. The number of esters is 1. The van der Waals surface area contributed by atoms with E-state index in [1.54, 1.807) is 39.0 Å². The number of amides is 1. The molecule has 1 unspecified atom stereocenters. The average Bonchev–Trinajstić information content (AvgIpc) is 3.15. The van der Waals surface area contributed by atoms with Crippen LogP contribution in [0.5, 0.6) is 0 Å². The number of thiophene rings is 1. The molecule has 0 spiro atoms. The molecule has 2 aromatic rings. The van der Waals surface area contributed by atoms with Crippen molar-refractivity contribution in [2.24, 2.45) is 0 Å². The Morgan fingerprint density at radius 3 is 2.20 bits per heavy atom. The van der Waals surface area contributed by atoms with Gasteiger partial charge in [-0.05, 0) is 45.0 Å². The molecule has 0 aliphatic rings. The van der Waals surface area contributed by atoms with Crippen molar-refractivity contribution < 1.29 is 32.6 Å². The van der Waals surface area contributed by atoms with E-state index in [1.165, 1.54) is 24.3 Å². The molecule has 0 aliphatic carbocycles. The quantitative estimate of drug-likeness (QED) is 0.518. The Labute approximate surface area is 178 Å². The van der Waals surface area contributed by atoms with E-state index in [1.807, 2.05) is 0 Å². The van der Waals surface area contributed by atoms with Crippen LogP contribution in [-0.4, -0.2) is 49.6 Å². The van der Waals surface area contributed by atoms with Gasteiger partial charge in [0.15, 0.2) is 0 Å². The molecule has 9 nitrogen and oxygen atoms in total. The zero-order chi connectivity index (χ0) is 22.5. The third kappa shape index (κ3) is 6.65. The van der Waals surface area contributed by atoms with Gasteiger partial charge in [-0.3, -0.25) is 4.79 Å². The first-order chi connectivity index (χ1) is 13.9. The number of nitrogens with one attached hydrogen (secondary N) is 2. The fourth-order valence-electron chi connectivity index (χ4n) is 2.25. The highest BCUT2D eigenvalue weighted by molar-refractivity contribution is 7.89. The van der Waals surface area contributed by atoms with E-state index in [0.717, 1.165) is 11.3 Å². The maximum atomic E-state index is 12.5. The predicted octanol–water partition coefficient (Wildman–Crippen LogP) is 1.86. The van der Waals surface area contributed by atoms with Gasteiger partial charge in [0, 0.05) is 6.54 Å². The van der Waals surface area contributed by atoms with Crippen LogP contribution in [0.2, 0.25) is 0 Å². The fraction of sp³-hybridized carbons (Fsp3) is 0.316. The molecule has 30 heavy (non-hydrogen) atoms. The highest BCUT2D eigenvalue weighted by atomic mass is 32.2. The van der Waals surface area contributed by atoms with Gasteiger partial charge in [0.05, 0.1) is 9.77 Å². The second-order valence-corrected chi connectivity index (χ2v) is 10.0. The molecule has 1 aromatic heterocycles. The molecule has 0 radical (unpaired) electrons. The summed E-state index contributed by atoms with van der Waals surface area (Å²) in [6.07, 6.45) is 0. The predicted molar refractivity (Wildman–Crippen MR) is 110 cm³/mol. The second-order valence-electron chi connectivity index (χ2n) is 7.19. The lowest BCUT2D eigenvalue weighted by atomic mass is 10.2. The molecule has 1 heterocycles. The molecule has 0 saturated carbocycles. The summed E-state index contributed by atoms with van der Waals surface area (Å²) >= 11 is 0.734. The van der Waals surface area contributed by atoms with Crippen LogP contribution in [0.15, 0.2) is 47.4 Å². The van der Waals surface area contributed by atoms with Gasteiger partial charge in [-0.2, -0.15) is 0 Å². The van der Waals surface area contributed by atoms with Gasteiger partial charge in [0.25, 0.3) is 5.91 Å². The van der Waals surface area contributed by atoms with Crippen molar-refractivity contribution in [1.82, 2.24) is 10.0 Å². The van der Waals surface area contributed by atoms with E-state index >= 15 is 0 Å². The number of carboxylic acids is 1. The molecule has 2 rings (SSSR count). The largest absolute Gasteiger partial charge is 0.477 e. The molecule has 1 amide bonds. The zero-order valence-electron chi connectivity index (χ0n) is 16.5. The third-order valence-corrected chi connectivity index (χ3v) is 6.08. The lowest BCUT2D eigenvalue weighted by Crippen LogP contribution is -2.50. The van der Waals surface area contributed by atoms with Gasteiger partial charge in [-0.25, -0.2) is 22.7 Å². The van der Waals surface area contributed by atoms with Gasteiger partial charge < -0.3 is 15.2 Å². The number of hydrogen-bond donors (Lipinski definition) is 3. The lowest BCUT2D eigenvalue weighted by Gasteiger charge is -2.24. The summed E-state index contributed by atoms with van der Waals surface area (Å²) in [5.41, 5.74) is -0.863. The smallest absolute Gasteiger partial charge is 0.345 e. The van der Waals surface area contributed by atoms with Crippen LogP contribution >= 0.6 is 11.3 Å². The number of carboxylic acid groups (broad SMARTS) is 1. The summed E-state index contributed by atoms with van der Waals surface area (Å²) in [4.78, 5) is 36.0. The standard InChI is InChI=1S/C19H22N2O7S2/c1-19(2,3)28-18(25)13(11-20-30(26,27)12-7-5-4-6-8-12)21-16(22)14-9-10-15(29-14)17(23)24/h4-10,13,20H,11H2,1-3H3,(H,21,22)(H,23,24). The summed E-state index contributed by atoms with van der Waals surface area (Å²) in [7, 11) is -3.92. The molecule has 0 fully saturated rings. The molecule has 0 aliphatic heterocycles. The van der Waals surface area contributed by atoms with Gasteiger partial charge in [-0.15, -0.1) is 11.3 Å². The monoisotopic (exact) mass is 454 g/mol. The maximum Gasteiger partial charge on any atom is 0.345 e. The van der Waals surface area contributed by atoms with Crippen molar-refractivity contribution in [3.63, 3.8) is 0 Å². The normalized spacial score (nSPS) is 12.8. The average molecular weight is 455 g/mol. The first-order valence-electron chi connectivity index (χ1n) is 8.80. The summed E-state index contributed by atoms with van der Waals surface area (Å²) in [6.45, 7) is 4.46. The van der Waals surface area contributed by atoms with Crippen LogP contribution < -0.4 is 10.0 Å². The number of carbonyl (C=O) groups is 3. The van der Waals surface area contributed by atoms with Crippen molar-refractivity contribution in [2.45, 2.75) is 37.3 Å². The Morgan fingerprint density at radius 2 is 1.67 bits per heavy atom. The molecule has 162 valence electrons. The second kappa shape index (κ2) is 9.37. The van der Waals surface area contributed by atoms with Crippen LogP contribution in [0.4, 0.5) is 0 Å². The lowest BCUT2D eigenvalue weighted by molar-refractivity contribution is -0.157. The van der Waals surface area contributed by atoms with Crippen molar-refractivity contribution >= 4 is 39.2 Å². The zero-order valence-corrected chi connectivity index (χ0v) is 18.2. The highest BCUT2D eigenvalue weighted by Crippen LogP contribution is 2.17. The highest BCUT2D eigenvalue weighted by Gasteiger charge is 2.29. The van der Waals surface area contributed by atoms with Gasteiger partial charge in [-0.1, -0.05) is 18.2 Å². The Hall–Kier alpha value is -2.76. The minimum absolute atomic E-state index is 0.00335. The van der Waals surface area contributed by atoms with E-state index in [9.17, 15) is 22.8 Å². The molecule has 1 atom stereocenters. The Kier molecular flexibility index (Phi) is 7.34. The summed E-state index contributed by atoms with van der Waals surface area (Å²) < 4.78 is 32.4. The van der Waals surface area contributed by atoms with Crippen molar-refractivity contribution in [1.29, 1.82) is 0 Å². The molecular weight excluding hydrogens is 432 g/mol. The first kappa shape index (κ1) is 23.5. The summed E-state index contributed by atoms with van der Waals surface area (Å²) in [6, 6.07) is 8.80.